The van der Waals surface area contributed by atoms with Crippen molar-refractivity contribution in [3.05, 3.63) is 27.7 Å². The first-order chi connectivity index (χ1) is 8.17. The lowest BCUT2D eigenvalue weighted by molar-refractivity contribution is 0.302. The maximum atomic E-state index is 6.03. The molecule has 2 nitrogen and oxygen atoms in total. The molecule has 0 bridgehead atoms. The lowest BCUT2D eigenvalue weighted by Crippen LogP contribution is -2.31. The normalized spacial score (nSPS) is 10.9. The molecule has 0 aliphatic heterocycles. The van der Waals surface area contributed by atoms with Crippen molar-refractivity contribution in [3.63, 3.8) is 0 Å². The van der Waals surface area contributed by atoms with Crippen LogP contribution in [0.5, 0.6) is 5.75 Å². The van der Waals surface area contributed by atoms with E-state index in [0.29, 0.717) is 17.7 Å². The highest BCUT2D eigenvalue weighted by Gasteiger charge is 2.04. The molecule has 0 radical (unpaired) electrons. The minimum atomic E-state index is 0.580. The van der Waals surface area contributed by atoms with Crippen LogP contribution in [0.15, 0.2) is 22.7 Å². The monoisotopic (exact) mass is 319 g/mol. The summed E-state index contributed by atoms with van der Waals surface area (Å²) in [5.74, 6) is 0.729. The lowest BCUT2D eigenvalue weighted by Gasteiger charge is -2.15. The van der Waals surface area contributed by atoms with Gasteiger partial charge in [-0.25, -0.2) is 0 Å². The van der Waals surface area contributed by atoms with Gasteiger partial charge in [0.15, 0.2) is 0 Å². The second-order valence-electron chi connectivity index (χ2n) is 3.89. The van der Waals surface area contributed by atoms with E-state index in [9.17, 15) is 0 Å². The van der Waals surface area contributed by atoms with Gasteiger partial charge in [0.25, 0.3) is 0 Å². The Bertz CT molecular complexity index is 342. The predicted octanol–water partition coefficient (Wildman–Crippen LogP) is 4.26. The zero-order valence-corrected chi connectivity index (χ0v) is 12.6. The maximum Gasteiger partial charge on any atom is 0.139 e. The van der Waals surface area contributed by atoms with Crippen LogP contribution in [-0.4, -0.2) is 19.2 Å². The van der Waals surface area contributed by atoms with Gasteiger partial charge in [0.05, 0.1) is 5.02 Å². The molecule has 1 N–H and O–H groups in total. The van der Waals surface area contributed by atoms with Gasteiger partial charge in [-0.15, -0.1) is 0 Å². The van der Waals surface area contributed by atoms with Crippen molar-refractivity contribution in [2.45, 2.75) is 32.7 Å². The Balaban J connectivity index is 2.33. The van der Waals surface area contributed by atoms with E-state index in [4.69, 9.17) is 16.3 Å². The Hall–Kier alpha value is -0.250. The zero-order chi connectivity index (χ0) is 12.7. The molecule has 0 spiro atoms. The van der Waals surface area contributed by atoms with Crippen molar-refractivity contribution in [3.8, 4) is 5.75 Å². The van der Waals surface area contributed by atoms with E-state index in [1.807, 2.05) is 18.2 Å². The van der Waals surface area contributed by atoms with Crippen LogP contribution >= 0.6 is 27.5 Å². The van der Waals surface area contributed by atoms with Crippen molar-refractivity contribution in [1.29, 1.82) is 0 Å². The van der Waals surface area contributed by atoms with Crippen molar-refractivity contribution in [2.24, 2.45) is 0 Å². The molecule has 96 valence electrons. The van der Waals surface area contributed by atoms with E-state index >= 15 is 0 Å². The van der Waals surface area contributed by atoms with Crippen LogP contribution in [0.25, 0.3) is 0 Å². The van der Waals surface area contributed by atoms with Gasteiger partial charge >= 0.3 is 0 Å². The van der Waals surface area contributed by atoms with Crippen molar-refractivity contribution in [2.75, 3.05) is 13.2 Å². The fraction of sp³-hybridized carbons (Fsp3) is 0.538. The van der Waals surface area contributed by atoms with Gasteiger partial charge in [-0.05, 0) is 31.0 Å². The molecule has 0 aliphatic carbocycles. The third-order valence-corrected chi connectivity index (χ3v) is 3.48. The molecule has 1 rings (SSSR count). The van der Waals surface area contributed by atoms with Crippen LogP contribution in [0, 0.1) is 0 Å². The number of halogens is 2. The first-order valence-electron chi connectivity index (χ1n) is 5.98. The molecule has 1 aromatic carbocycles. The second-order valence-corrected chi connectivity index (χ2v) is 5.21. The molecule has 0 aliphatic rings. The van der Waals surface area contributed by atoms with Crippen LogP contribution in [0.2, 0.25) is 5.02 Å². The third-order valence-electron chi connectivity index (χ3n) is 2.67. The Labute approximate surface area is 117 Å². The van der Waals surface area contributed by atoms with Crippen LogP contribution in [0.1, 0.15) is 26.7 Å². The molecular weight excluding hydrogens is 302 g/mol. The van der Waals surface area contributed by atoms with Crippen molar-refractivity contribution >= 4 is 27.5 Å². The van der Waals surface area contributed by atoms with Gasteiger partial charge in [-0.2, -0.15) is 0 Å². The van der Waals surface area contributed by atoms with E-state index < -0.39 is 0 Å². The highest BCUT2D eigenvalue weighted by Crippen LogP contribution is 2.27. The molecular formula is C13H19BrClNO. The van der Waals surface area contributed by atoms with Gasteiger partial charge in [0, 0.05) is 17.1 Å². The molecule has 0 saturated heterocycles. The Kier molecular flexibility index (Phi) is 6.93. The summed E-state index contributed by atoms with van der Waals surface area (Å²) in [6, 6.07) is 6.20. The van der Waals surface area contributed by atoms with Crippen LogP contribution < -0.4 is 10.1 Å². The largest absolute Gasteiger partial charge is 0.491 e. The fourth-order valence-electron chi connectivity index (χ4n) is 1.59. The number of rotatable bonds is 7. The van der Waals surface area contributed by atoms with Gasteiger partial charge in [0.1, 0.15) is 12.4 Å². The van der Waals surface area contributed by atoms with E-state index in [2.05, 4.69) is 35.1 Å². The minimum Gasteiger partial charge on any atom is -0.491 e. The molecule has 0 aromatic heterocycles. The second kappa shape index (κ2) is 7.96. The standard InChI is InChI=1S/C13H19BrClNO/c1-3-11(4-2)16-7-8-17-13-9-10(14)5-6-12(13)15/h5-6,9,11,16H,3-4,7-8H2,1-2H3. The SMILES string of the molecule is CCC(CC)NCCOc1cc(Br)ccc1Cl. The highest BCUT2D eigenvalue weighted by atomic mass is 79.9. The Morgan fingerprint density at radius 2 is 2.06 bits per heavy atom. The van der Waals surface area contributed by atoms with Crippen molar-refractivity contribution < 1.29 is 4.74 Å². The molecule has 17 heavy (non-hydrogen) atoms. The summed E-state index contributed by atoms with van der Waals surface area (Å²) in [6.07, 6.45) is 2.29. The van der Waals surface area contributed by atoms with Crippen LogP contribution in [0.4, 0.5) is 0 Å². The van der Waals surface area contributed by atoms with Gasteiger partial charge in [0.2, 0.25) is 0 Å². The number of nitrogens with one attached hydrogen (secondary N) is 1. The average Bonchev–Trinajstić information content (AvgIpc) is 2.33. The molecule has 0 heterocycles. The summed E-state index contributed by atoms with van der Waals surface area (Å²) >= 11 is 9.42. The molecule has 0 atom stereocenters. The van der Waals surface area contributed by atoms with Gasteiger partial charge < -0.3 is 10.1 Å². The number of hydrogen-bond acceptors (Lipinski definition) is 2. The summed E-state index contributed by atoms with van der Waals surface area (Å²) in [7, 11) is 0. The minimum absolute atomic E-state index is 0.580. The third kappa shape index (κ3) is 5.28. The van der Waals surface area contributed by atoms with E-state index in [1.54, 1.807) is 0 Å². The fourth-order valence-corrected chi connectivity index (χ4v) is 2.10. The molecule has 0 fully saturated rings. The average molecular weight is 321 g/mol. The smallest absolute Gasteiger partial charge is 0.139 e. The topological polar surface area (TPSA) is 21.3 Å². The summed E-state index contributed by atoms with van der Waals surface area (Å²) in [4.78, 5) is 0. The zero-order valence-electron chi connectivity index (χ0n) is 10.3. The molecule has 0 unspecified atom stereocenters. The highest BCUT2D eigenvalue weighted by molar-refractivity contribution is 9.10. The quantitative estimate of drug-likeness (QED) is 0.758. The van der Waals surface area contributed by atoms with Crippen LogP contribution in [0.3, 0.4) is 0 Å². The summed E-state index contributed by atoms with van der Waals surface area (Å²) in [6.45, 7) is 5.85. The predicted molar refractivity (Wildman–Crippen MR) is 77.0 cm³/mol. The molecule has 0 amide bonds. The van der Waals surface area contributed by atoms with Crippen molar-refractivity contribution in [1.82, 2.24) is 5.32 Å². The van der Waals surface area contributed by atoms with E-state index in [0.717, 1.165) is 29.6 Å². The van der Waals surface area contributed by atoms with E-state index in [1.165, 1.54) is 0 Å². The first-order valence-corrected chi connectivity index (χ1v) is 7.15. The summed E-state index contributed by atoms with van der Waals surface area (Å²) < 4.78 is 6.61. The Morgan fingerprint density at radius 3 is 2.71 bits per heavy atom. The number of benzene rings is 1. The summed E-state index contributed by atoms with van der Waals surface area (Å²) in [5.41, 5.74) is 0. The van der Waals surface area contributed by atoms with E-state index in [-0.39, 0.29) is 0 Å². The lowest BCUT2D eigenvalue weighted by atomic mass is 10.2. The van der Waals surface area contributed by atoms with Gasteiger partial charge in [-0.1, -0.05) is 41.4 Å². The maximum absolute atomic E-state index is 6.03. The Morgan fingerprint density at radius 1 is 1.35 bits per heavy atom. The molecule has 1 aromatic rings. The summed E-state index contributed by atoms with van der Waals surface area (Å²) in [5, 5.41) is 4.09. The van der Waals surface area contributed by atoms with Crippen LogP contribution in [-0.2, 0) is 0 Å². The number of hydrogen-bond donors (Lipinski definition) is 1. The first kappa shape index (κ1) is 14.8. The van der Waals surface area contributed by atoms with Gasteiger partial charge in [-0.3, -0.25) is 0 Å². The molecule has 0 saturated carbocycles. The molecule has 4 heteroatoms. The number of ether oxygens (including phenoxy) is 1.